The Bertz CT molecular complexity index is 262. The standard InChI is InChI=1S/C10H14Br2O/c1-9(2)6-3-4-10(9,5-11)8(13)7(6)12/h6-7H,3-5H2,1-2H3/t6-,7-,10+/m0/s1. The van der Waals surface area contributed by atoms with Crippen LogP contribution in [0, 0.1) is 16.7 Å². The average molecular weight is 310 g/mol. The maximum absolute atomic E-state index is 12.1. The van der Waals surface area contributed by atoms with Gasteiger partial charge < -0.3 is 0 Å². The first-order valence-electron chi connectivity index (χ1n) is 4.72. The minimum atomic E-state index is -0.0914. The molecule has 2 rings (SSSR count). The van der Waals surface area contributed by atoms with Gasteiger partial charge in [-0.1, -0.05) is 45.7 Å². The molecule has 0 saturated heterocycles. The van der Waals surface area contributed by atoms with E-state index in [1.807, 2.05) is 0 Å². The molecule has 0 N–H and O–H groups in total. The topological polar surface area (TPSA) is 17.1 Å². The smallest absolute Gasteiger partial charge is 0.154 e. The van der Waals surface area contributed by atoms with Gasteiger partial charge in [-0.2, -0.15) is 0 Å². The Morgan fingerprint density at radius 1 is 1.54 bits per heavy atom. The Kier molecular flexibility index (Phi) is 2.20. The third-order valence-corrected chi connectivity index (χ3v) is 6.36. The Morgan fingerprint density at radius 2 is 2.15 bits per heavy atom. The molecular formula is C10H14Br2O. The van der Waals surface area contributed by atoms with Crippen molar-refractivity contribution in [2.24, 2.45) is 16.7 Å². The van der Waals surface area contributed by atoms with Gasteiger partial charge in [0.2, 0.25) is 0 Å². The number of fused-ring (bicyclic) bond motifs is 2. The molecule has 3 atom stereocenters. The summed E-state index contributed by atoms with van der Waals surface area (Å²) in [5.74, 6) is 0.961. The SMILES string of the molecule is CC1(C)[C@H]2CC[C@@]1(CBr)C(=O)[C@H]2Br. The highest BCUT2D eigenvalue weighted by Crippen LogP contribution is 2.65. The molecule has 2 saturated carbocycles. The molecule has 0 unspecified atom stereocenters. The normalized spacial score (nSPS) is 47.2. The van der Waals surface area contributed by atoms with Gasteiger partial charge in [0.05, 0.1) is 4.83 Å². The monoisotopic (exact) mass is 308 g/mol. The largest absolute Gasteiger partial charge is 0.298 e. The highest BCUT2D eigenvalue weighted by molar-refractivity contribution is 9.10. The van der Waals surface area contributed by atoms with Gasteiger partial charge in [-0.05, 0) is 24.2 Å². The van der Waals surface area contributed by atoms with Gasteiger partial charge in [0, 0.05) is 10.7 Å². The van der Waals surface area contributed by atoms with Gasteiger partial charge in [-0.25, -0.2) is 0 Å². The summed E-state index contributed by atoms with van der Waals surface area (Å²) in [7, 11) is 0. The minimum Gasteiger partial charge on any atom is -0.298 e. The van der Waals surface area contributed by atoms with Crippen LogP contribution in [0.1, 0.15) is 26.7 Å². The van der Waals surface area contributed by atoms with Gasteiger partial charge in [-0.3, -0.25) is 4.79 Å². The Morgan fingerprint density at radius 3 is 2.46 bits per heavy atom. The zero-order valence-corrected chi connectivity index (χ0v) is 11.1. The lowest BCUT2D eigenvalue weighted by molar-refractivity contribution is -0.127. The van der Waals surface area contributed by atoms with E-state index < -0.39 is 0 Å². The van der Waals surface area contributed by atoms with Crippen molar-refractivity contribution in [3.63, 3.8) is 0 Å². The zero-order valence-electron chi connectivity index (χ0n) is 7.94. The van der Waals surface area contributed by atoms with Crippen LogP contribution >= 0.6 is 31.9 Å². The molecule has 3 heteroatoms. The number of alkyl halides is 2. The van der Waals surface area contributed by atoms with Crippen molar-refractivity contribution in [3.05, 3.63) is 0 Å². The second kappa shape index (κ2) is 2.82. The summed E-state index contributed by atoms with van der Waals surface area (Å²) in [5, 5.41) is 0.824. The van der Waals surface area contributed by atoms with Crippen LogP contribution in [0.5, 0.6) is 0 Å². The van der Waals surface area contributed by atoms with Gasteiger partial charge in [0.15, 0.2) is 5.78 Å². The molecule has 0 aromatic rings. The van der Waals surface area contributed by atoms with Crippen LogP contribution in [0.15, 0.2) is 0 Å². The Labute approximate surface area is 95.9 Å². The molecule has 2 aliphatic rings. The number of Topliss-reactive ketones (excluding diaryl/α,β-unsaturated/α-hetero) is 1. The second-order valence-electron chi connectivity index (χ2n) is 4.85. The molecule has 13 heavy (non-hydrogen) atoms. The fourth-order valence-corrected chi connectivity index (χ4v) is 5.79. The molecule has 74 valence electrons. The molecule has 1 nitrogen and oxygen atoms in total. The first-order valence-corrected chi connectivity index (χ1v) is 6.75. The van der Waals surface area contributed by atoms with Crippen LogP contribution in [0.2, 0.25) is 0 Å². The maximum Gasteiger partial charge on any atom is 0.154 e. The first-order chi connectivity index (χ1) is 5.97. The quantitative estimate of drug-likeness (QED) is 0.680. The van der Waals surface area contributed by atoms with Crippen molar-refractivity contribution >= 4 is 37.6 Å². The first kappa shape index (κ1) is 10.2. The summed E-state index contributed by atoms with van der Waals surface area (Å²) in [4.78, 5) is 12.2. The highest BCUT2D eigenvalue weighted by atomic mass is 79.9. The van der Waals surface area contributed by atoms with Crippen molar-refractivity contribution in [2.75, 3.05) is 5.33 Å². The Hall–Kier alpha value is 0.630. The van der Waals surface area contributed by atoms with Crippen molar-refractivity contribution in [3.8, 4) is 0 Å². The van der Waals surface area contributed by atoms with Crippen LogP contribution in [-0.2, 0) is 4.79 Å². The van der Waals surface area contributed by atoms with E-state index in [0.29, 0.717) is 11.7 Å². The van der Waals surface area contributed by atoms with E-state index in [2.05, 4.69) is 45.7 Å². The summed E-state index contributed by atoms with van der Waals surface area (Å²) in [6.45, 7) is 4.48. The predicted octanol–water partition coefficient (Wildman–Crippen LogP) is 3.15. The molecule has 0 aliphatic heterocycles. The summed E-state index contributed by atoms with van der Waals surface area (Å²) in [6.07, 6.45) is 2.26. The molecule has 0 amide bonds. The summed E-state index contributed by atoms with van der Waals surface area (Å²) in [6, 6.07) is 0. The van der Waals surface area contributed by atoms with E-state index in [1.54, 1.807) is 0 Å². The fraction of sp³-hybridized carbons (Fsp3) is 0.900. The fourth-order valence-electron chi connectivity index (χ4n) is 3.14. The molecule has 0 spiro atoms. The summed E-state index contributed by atoms with van der Waals surface area (Å²) >= 11 is 7.06. The third kappa shape index (κ3) is 0.956. The molecule has 0 aromatic heterocycles. The van der Waals surface area contributed by atoms with Gasteiger partial charge >= 0.3 is 0 Å². The van der Waals surface area contributed by atoms with Crippen LogP contribution in [-0.4, -0.2) is 15.9 Å². The number of hydrogen-bond acceptors (Lipinski definition) is 1. The van der Waals surface area contributed by atoms with Gasteiger partial charge in [0.1, 0.15) is 0 Å². The van der Waals surface area contributed by atoms with Crippen molar-refractivity contribution < 1.29 is 4.79 Å². The van der Waals surface area contributed by atoms with E-state index in [0.717, 1.165) is 11.8 Å². The lowest BCUT2D eigenvalue weighted by Gasteiger charge is -2.34. The molecular weight excluding hydrogens is 296 g/mol. The Balaban J connectivity index is 2.50. The summed E-state index contributed by atoms with van der Waals surface area (Å²) < 4.78 is 0. The number of rotatable bonds is 1. The summed E-state index contributed by atoms with van der Waals surface area (Å²) in [5.41, 5.74) is 0.0770. The number of hydrogen-bond donors (Lipinski definition) is 0. The van der Waals surface area contributed by atoms with E-state index in [-0.39, 0.29) is 15.7 Å². The average Bonchev–Trinajstić information content (AvgIpc) is 2.41. The second-order valence-corrected chi connectivity index (χ2v) is 6.40. The molecule has 2 bridgehead atoms. The van der Waals surface area contributed by atoms with E-state index >= 15 is 0 Å². The zero-order chi connectivity index (χ0) is 9.85. The lowest BCUT2D eigenvalue weighted by Crippen LogP contribution is -2.38. The maximum atomic E-state index is 12.1. The lowest BCUT2D eigenvalue weighted by atomic mass is 9.70. The van der Waals surface area contributed by atoms with Gasteiger partial charge in [-0.15, -0.1) is 0 Å². The van der Waals surface area contributed by atoms with Crippen LogP contribution in [0.4, 0.5) is 0 Å². The van der Waals surface area contributed by atoms with Crippen molar-refractivity contribution in [2.45, 2.75) is 31.5 Å². The third-order valence-electron chi connectivity index (χ3n) is 4.35. The highest BCUT2D eigenvalue weighted by Gasteiger charge is 2.67. The number of carbonyl (C=O) groups is 1. The molecule has 0 heterocycles. The molecule has 0 aromatic carbocycles. The van der Waals surface area contributed by atoms with Crippen molar-refractivity contribution in [1.29, 1.82) is 0 Å². The minimum absolute atomic E-state index is 0.0914. The van der Waals surface area contributed by atoms with E-state index in [4.69, 9.17) is 0 Å². The van der Waals surface area contributed by atoms with Gasteiger partial charge in [0.25, 0.3) is 0 Å². The number of carbonyl (C=O) groups excluding carboxylic acids is 1. The predicted molar refractivity (Wildman–Crippen MR) is 60.5 cm³/mol. The number of halogens is 2. The molecule has 2 aliphatic carbocycles. The van der Waals surface area contributed by atoms with E-state index in [9.17, 15) is 4.79 Å². The molecule has 2 fully saturated rings. The van der Waals surface area contributed by atoms with E-state index in [1.165, 1.54) is 6.42 Å². The van der Waals surface area contributed by atoms with Crippen LogP contribution in [0.3, 0.4) is 0 Å². The van der Waals surface area contributed by atoms with Crippen LogP contribution in [0.25, 0.3) is 0 Å². The van der Waals surface area contributed by atoms with Crippen molar-refractivity contribution in [1.82, 2.24) is 0 Å². The van der Waals surface area contributed by atoms with Crippen LogP contribution < -0.4 is 0 Å². The number of ketones is 1. The molecule has 0 radical (unpaired) electrons.